The summed E-state index contributed by atoms with van der Waals surface area (Å²) in [6.07, 6.45) is 7.44. The van der Waals surface area contributed by atoms with Crippen LogP contribution in [0.1, 0.15) is 72.9 Å². The lowest BCUT2D eigenvalue weighted by Crippen LogP contribution is -2.52. The number of ether oxygens (including phenoxy) is 1. The molecule has 3 fully saturated rings. The Labute approximate surface area is 234 Å². The number of amides is 3. The number of rotatable bonds is 7. The summed E-state index contributed by atoms with van der Waals surface area (Å²) in [7, 11) is 0. The Balaban J connectivity index is 1.12. The molecule has 0 spiro atoms. The van der Waals surface area contributed by atoms with Gasteiger partial charge in [-0.2, -0.15) is 0 Å². The van der Waals surface area contributed by atoms with Gasteiger partial charge in [0.2, 0.25) is 11.8 Å². The first-order valence-corrected chi connectivity index (χ1v) is 14.6. The molecule has 4 heterocycles. The highest BCUT2D eigenvalue weighted by molar-refractivity contribution is 6.05. The van der Waals surface area contributed by atoms with E-state index < -0.39 is 11.9 Å². The van der Waals surface area contributed by atoms with E-state index in [9.17, 15) is 18.8 Å². The van der Waals surface area contributed by atoms with E-state index in [1.165, 1.54) is 19.3 Å². The van der Waals surface area contributed by atoms with Crippen LogP contribution in [0.15, 0.2) is 36.4 Å². The SMILES string of the molecule is O=C1CCC(N2Cc3cc(OC[C@H]4CCCCN4Cc4cc(F)ccc4N4CCCCC4)ccc3C2=O)C(=O)N1. The number of likely N-dealkylation sites (tertiary alicyclic amines) is 1. The Bertz CT molecular complexity index is 1290. The van der Waals surface area contributed by atoms with E-state index in [1.807, 2.05) is 18.2 Å². The van der Waals surface area contributed by atoms with E-state index in [4.69, 9.17) is 4.74 Å². The Morgan fingerprint density at radius 2 is 1.75 bits per heavy atom. The second-order valence-corrected chi connectivity index (χ2v) is 11.5. The molecule has 8 nitrogen and oxygen atoms in total. The maximum Gasteiger partial charge on any atom is 0.255 e. The summed E-state index contributed by atoms with van der Waals surface area (Å²) in [5.41, 5.74) is 3.60. The van der Waals surface area contributed by atoms with Crippen LogP contribution in [-0.2, 0) is 22.7 Å². The molecule has 0 bridgehead atoms. The third-order valence-electron chi connectivity index (χ3n) is 8.80. The molecule has 2 atom stereocenters. The fourth-order valence-corrected chi connectivity index (χ4v) is 6.63. The highest BCUT2D eigenvalue weighted by atomic mass is 19.1. The van der Waals surface area contributed by atoms with E-state index in [2.05, 4.69) is 15.1 Å². The lowest BCUT2D eigenvalue weighted by atomic mass is 10.0. The summed E-state index contributed by atoms with van der Waals surface area (Å²) < 4.78 is 20.6. The quantitative estimate of drug-likeness (QED) is 0.527. The van der Waals surface area contributed by atoms with Crippen LogP contribution in [-0.4, -0.2) is 65.8 Å². The number of benzene rings is 2. The predicted octanol–water partition coefficient (Wildman–Crippen LogP) is 4.01. The Morgan fingerprint density at radius 1 is 0.925 bits per heavy atom. The number of anilines is 1. The van der Waals surface area contributed by atoms with Gasteiger partial charge in [0.05, 0.1) is 0 Å². The number of fused-ring (bicyclic) bond motifs is 1. The molecular weight excluding hydrogens is 511 g/mol. The molecule has 2 aromatic rings. The molecule has 0 radical (unpaired) electrons. The van der Waals surface area contributed by atoms with E-state index in [-0.39, 0.29) is 30.1 Å². The van der Waals surface area contributed by atoms with Gasteiger partial charge in [0.1, 0.15) is 24.2 Å². The van der Waals surface area contributed by atoms with E-state index >= 15 is 0 Å². The van der Waals surface area contributed by atoms with Crippen molar-refractivity contribution in [2.24, 2.45) is 0 Å². The van der Waals surface area contributed by atoms with Crippen molar-refractivity contribution in [1.29, 1.82) is 0 Å². The monoisotopic (exact) mass is 548 g/mol. The Kier molecular flexibility index (Phi) is 7.74. The first-order valence-electron chi connectivity index (χ1n) is 14.6. The average molecular weight is 549 g/mol. The van der Waals surface area contributed by atoms with Crippen molar-refractivity contribution in [3.63, 3.8) is 0 Å². The number of piperidine rings is 3. The van der Waals surface area contributed by atoms with E-state index in [0.29, 0.717) is 37.4 Å². The van der Waals surface area contributed by atoms with Crippen molar-refractivity contribution in [3.8, 4) is 5.75 Å². The molecule has 3 amide bonds. The summed E-state index contributed by atoms with van der Waals surface area (Å²) >= 11 is 0. The van der Waals surface area contributed by atoms with Gasteiger partial charge in [-0.15, -0.1) is 0 Å². The molecule has 1 N–H and O–H groups in total. The number of halogens is 1. The lowest BCUT2D eigenvalue weighted by molar-refractivity contribution is -0.136. The molecule has 40 heavy (non-hydrogen) atoms. The van der Waals surface area contributed by atoms with Gasteiger partial charge in [0, 0.05) is 49.9 Å². The molecule has 6 rings (SSSR count). The second kappa shape index (κ2) is 11.6. The van der Waals surface area contributed by atoms with Crippen molar-refractivity contribution in [1.82, 2.24) is 15.1 Å². The van der Waals surface area contributed by atoms with Gasteiger partial charge in [0.15, 0.2) is 0 Å². The molecule has 4 aliphatic heterocycles. The minimum Gasteiger partial charge on any atom is -0.492 e. The van der Waals surface area contributed by atoms with Crippen molar-refractivity contribution < 1.29 is 23.5 Å². The van der Waals surface area contributed by atoms with Crippen molar-refractivity contribution in [2.75, 3.05) is 31.1 Å². The third-order valence-corrected chi connectivity index (χ3v) is 8.80. The Hall–Kier alpha value is -3.46. The van der Waals surface area contributed by atoms with Gasteiger partial charge in [-0.05, 0) is 92.6 Å². The summed E-state index contributed by atoms with van der Waals surface area (Å²) in [5, 5.41) is 2.34. The first-order chi connectivity index (χ1) is 19.5. The summed E-state index contributed by atoms with van der Waals surface area (Å²) in [4.78, 5) is 43.3. The van der Waals surface area contributed by atoms with Crippen LogP contribution in [0.5, 0.6) is 5.75 Å². The third kappa shape index (κ3) is 5.57. The lowest BCUT2D eigenvalue weighted by Gasteiger charge is -2.37. The number of carbonyl (C=O) groups is 3. The van der Waals surface area contributed by atoms with Gasteiger partial charge >= 0.3 is 0 Å². The van der Waals surface area contributed by atoms with Crippen LogP contribution in [0, 0.1) is 5.82 Å². The number of nitrogens with one attached hydrogen (secondary N) is 1. The molecule has 212 valence electrons. The highest BCUT2D eigenvalue weighted by Gasteiger charge is 2.39. The molecule has 4 aliphatic rings. The summed E-state index contributed by atoms with van der Waals surface area (Å²) in [6.45, 7) is 4.52. The van der Waals surface area contributed by atoms with Crippen LogP contribution in [0.2, 0.25) is 0 Å². The summed E-state index contributed by atoms with van der Waals surface area (Å²) in [6, 6.07) is 10.3. The predicted molar refractivity (Wildman–Crippen MR) is 148 cm³/mol. The molecule has 1 unspecified atom stereocenters. The van der Waals surface area contributed by atoms with E-state index in [0.717, 1.165) is 55.7 Å². The van der Waals surface area contributed by atoms with Gasteiger partial charge < -0.3 is 14.5 Å². The number of hydrogen-bond donors (Lipinski definition) is 1. The number of hydrogen-bond acceptors (Lipinski definition) is 6. The first kappa shape index (κ1) is 26.7. The minimum absolute atomic E-state index is 0.186. The largest absolute Gasteiger partial charge is 0.492 e. The topological polar surface area (TPSA) is 82.2 Å². The van der Waals surface area contributed by atoms with Crippen molar-refractivity contribution >= 4 is 23.4 Å². The fraction of sp³-hybridized carbons (Fsp3) is 0.516. The normalized spacial score (nSPS) is 23.8. The van der Waals surface area contributed by atoms with Gasteiger partial charge in [-0.1, -0.05) is 6.42 Å². The molecule has 0 aliphatic carbocycles. The smallest absolute Gasteiger partial charge is 0.255 e. The Morgan fingerprint density at radius 3 is 2.58 bits per heavy atom. The average Bonchev–Trinajstić information content (AvgIpc) is 3.28. The highest BCUT2D eigenvalue weighted by Crippen LogP contribution is 2.32. The maximum atomic E-state index is 14.3. The zero-order chi connectivity index (χ0) is 27.6. The van der Waals surface area contributed by atoms with E-state index in [1.54, 1.807) is 23.1 Å². The molecule has 0 aromatic heterocycles. The van der Waals surface area contributed by atoms with Crippen molar-refractivity contribution in [2.45, 2.75) is 76.5 Å². The van der Waals surface area contributed by atoms with Crippen LogP contribution in [0.3, 0.4) is 0 Å². The molecule has 9 heteroatoms. The van der Waals surface area contributed by atoms with Gasteiger partial charge in [-0.25, -0.2) is 4.39 Å². The number of nitrogens with zero attached hydrogens (tertiary/aromatic N) is 3. The van der Waals surface area contributed by atoms with Gasteiger partial charge in [-0.3, -0.25) is 24.6 Å². The molecular formula is C31H37FN4O4. The summed E-state index contributed by atoms with van der Waals surface area (Å²) in [5.74, 6) is -0.387. The zero-order valence-electron chi connectivity index (χ0n) is 22.9. The van der Waals surface area contributed by atoms with Crippen LogP contribution in [0.25, 0.3) is 0 Å². The molecule has 2 aromatic carbocycles. The van der Waals surface area contributed by atoms with Crippen molar-refractivity contribution in [3.05, 3.63) is 58.9 Å². The standard InChI is InChI=1S/C31H37FN4O4/c32-23-7-10-27(34-13-3-1-4-14-34)22(16-23)18-35-15-5-2-6-24(35)20-40-25-8-9-26-21(17-25)19-36(31(26)39)28-11-12-29(37)33-30(28)38/h7-10,16-17,24,28H,1-6,11-15,18-20H2,(H,33,37,38)/t24-,28?/m1/s1. The number of imide groups is 1. The van der Waals surface area contributed by atoms with Crippen LogP contribution in [0.4, 0.5) is 10.1 Å². The maximum absolute atomic E-state index is 14.3. The van der Waals surface area contributed by atoms with Gasteiger partial charge in [0.25, 0.3) is 5.91 Å². The number of carbonyl (C=O) groups excluding carboxylic acids is 3. The molecule has 3 saturated heterocycles. The molecule has 0 saturated carbocycles. The fourth-order valence-electron chi connectivity index (χ4n) is 6.63. The zero-order valence-corrected chi connectivity index (χ0v) is 22.9. The minimum atomic E-state index is -0.629. The van der Waals surface area contributed by atoms with Crippen LogP contribution < -0.4 is 15.0 Å². The second-order valence-electron chi connectivity index (χ2n) is 11.5. The van der Waals surface area contributed by atoms with Crippen LogP contribution >= 0.6 is 0 Å².